The molecular formula is C27H37F2N5O3. The highest BCUT2D eigenvalue weighted by Crippen LogP contribution is 2.25. The van der Waals surface area contributed by atoms with Gasteiger partial charge in [-0.15, -0.1) is 0 Å². The number of halogens is 2. The van der Waals surface area contributed by atoms with Crippen molar-refractivity contribution >= 4 is 17.8 Å². The Hall–Kier alpha value is -3.30. The Morgan fingerprint density at radius 1 is 1.16 bits per heavy atom. The van der Waals surface area contributed by atoms with E-state index < -0.39 is 35.1 Å². The molecule has 1 atom stereocenters. The molecule has 1 aromatic heterocycles. The summed E-state index contributed by atoms with van der Waals surface area (Å²) in [5.41, 5.74) is 5.67. The fraction of sp³-hybridized carbons (Fsp3) is 0.556. The number of nitrogens with zero attached hydrogens (tertiary/aromatic N) is 3. The van der Waals surface area contributed by atoms with Crippen LogP contribution in [0.2, 0.25) is 0 Å². The molecule has 1 aliphatic heterocycles. The lowest BCUT2D eigenvalue weighted by molar-refractivity contribution is -0.120. The van der Waals surface area contributed by atoms with Crippen LogP contribution in [0.3, 0.4) is 0 Å². The van der Waals surface area contributed by atoms with E-state index in [4.69, 9.17) is 10.5 Å². The molecule has 202 valence electrons. The molecule has 1 saturated heterocycles. The lowest BCUT2D eigenvalue weighted by Crippen LogP contribution is -2.45. The molecule has 2 amide bonds. The monoisotopic (exact) mass is 517 g/mol. The van der Waals surface area contributed by atoms with Crippen molar-refractivity contribution < 1.29 is 23.1 Å². The quantitative estimate of drug-likeness (QED) is 0.412. The largest absolute Gasteiger partial charge is 0.493 e. The number of hydrogen-bond acceptors (Lipinski definition) is 6. The molecule has 1 aliphatic rings. The van der Waals surface area contributed by atoms with Crippen LogP contribution in [0.5, 0.6) is 5.75 Å². The molecular weight excluding hydrogens is 480 g/mol. The van der Waals surface area contributed by atoms with Gasteiger partial charge in [0.1, 0.15) is 29.0 Å². The molecule has 0 spiro atoms. The van der Waals surface area contributed by atoms with Crippen LogP contribution < -0.4 is 20.7 Å². The molecule has 0 aliphatic carbocycles. The first kappa shape index (κ1) is 28.3. The number of piperidine rings is 1. The second-order valence-corrected chi connectivity index (χ2v) is 9.99. The van der Waals surface area contributed by atoms with Crippen molar-refractivity contribution in [2.24, 2.45) is 17.6 Å². The molecule has 1 aromatic carbocycles. The van der Waals surface area contributed by atoms with Crippen LogP contribution in [0.15, 0.2) is 24.5 Å². The number of aryl methyl sites for hydroxylation is 1. The highest BCUT2D eigenvalue weighted by molar-refractivity contribution is 5.97. The van der Waals surface area contributed by atoms with E-state index in [-0.39, 0.29) is 18.1 Å². The molecule has 2 heterocycles. The zero-order chi connectivity index (χ0) is 26.9. The molecule has 3 rings (SSSR count). The Kier molecular flexibility index (Phi) is 10.2. The number of hydrogen-bond donors (Lipinski definition) is 2. The van der Waals surface area contributed by atoms with Crippen LogP contribution in [0.25, 0.3) is 0 Å². The number of carbonyl (C=O) groups is 2. The van der Waals surface area contributed by atoms with E-state index in [9.17, 15) is 18.4 Å². The third-order valence-electron chi connectivity index (χ3n) is 6.62. The third kappa shape index (κ3) is 8.10. The fourth-order valence-corrected chi connectivity index (χ4v) is 4.48. The van der Waals surface area contributed by atoms with Gasteiger partial charge in [-0.2, -0.15) is 0 Å². The van der Waals surface area contributed by atoms with Gasteiger partial charge in [0, 0.05) is 37.6 Å². The van der Waals surface area contributed by atoms with E-state index in [1.807, 2.05) is 26.2 Å². The number of ether oxygens (including phenoxy) is 1. The lowest BCUT2D eigenvalue weighted by Gasteiger charge is -2.32. The summed E-state index contributed by atoms with van der Waals surface area (Å²) in [5.74, 6) is -2.51. The van der Waals surface area contributed by atoms with Crippen LogP contribution in [0, 0.1) is 23.5 Å². The third-order valence-corrected chi connectivity index (χ3v) is 6.62. The molecule has 2 aromatic rings. The van der Waals surface area contributed by atoms with E-state index in [1.165, 1.54) is 0 Å². The minimum Gasteiger partial charge on any atom is -0.493 e. The number of carbonyl (C=O) groups excluding carboxylic acids is 2. The van der Waals surface area contributed by atoms with Crippen molar-refractivity contribution in [2.45, 2.75) is 65.3 Å². The van der Waals surface area contributed by atoms with Crippen molar-refractivity contribution in [2.75, 3.05) is 24.6 Å². The SMILES string of the molecule is CCc1cnc(N2CCC(CCCOc3cc(F)c(C(=O)N[C@@H](CC(C)C)C(N)=O)c(F)c3)CC2)nc1. The molecule has 0 bridgehead atoms. The predicted octanol–water partition coefficient (Wildman–Crippen LogP) is 4.02. The standard InChI is InChI=1S/C27H37F2N5O3/c1-4-18-15-31-27(32-16-18)34-9-7-19(8-10-34)6-5-11-37-20-13-21(28)24(22(29)14-20)26(36)33-23(25(30)35)12-17(2)3/h13-17,19,23H,4-12H2,1-3H3,(H2,30,35)(H,33,36)/t23-/m0/s1. The Morgan fingerprint density at radius 2 is 1.78 bits per heavy atom. The van der Waals surface area contributed by atoms with Gasteiger partial charge < -0.3 is 20.7 Å². The summed E-state index contributed by atoms with van der Waals surface area (Å²) < 4.78 is 34.7. The average molecular weight is 518 g/mol. The van der Waals surface area contributed by atoms with Crippen LogP contribution in [0.1, 0.15) is 68.8 Å². The van der Waals surface area contributed by atoms with Crippen molar-refractivity contribution in [3.05, 3.63) is 47.3 Å². The first-order valence-corrected chi connectivity index (χ1v) is 13.0. The van der Waals surface area contributed by atoms with Gasteiger partial charge in [-0.25, -0.2) is 18.7 Å². The topological polar surface area (TPSA) is 110 Å². The Bertz CT molecular complexity index is 1030. The number of aromatic nitrogens is 2. The average Bonchev–Trinajstić information content (AvgIpc) is 2.86. The maximum Gasteiger partial charge on any atom is 0.257 e. The van der Waals surface area contributed by atoms with E-state index in [1.54, 1.807) is 0 Å². The molecule has 10 heteroatoms. The normalized spacial score (nSPS) is 15.0. The Balaban J connectivity index is 1.45. The van der Waals surface area contributed by atoms with Gasteiger partial charge in [-0.3, -0.25) is 9.59 Å². The molecule has 37 heavy (non-hydrogen) atoms. The summed E-state index contributed by atoms with van der Waals surface area (Å²) in [4.78, 5) is 35.1. The summed E-state index contributed by atoms with van der Waals surface area (Å²) in [6, 6.07) is 0.965. The van der Waals surface area contributed by atoms with Crippen molar-refractivity contribution in [3.8, 4) is 5.75 Å². The fourth-order valence-electron chi connectivity index (χ4n) is 4.48. The number of benzene rings is 1. The second-order valence-electron chi connectivity index (χ2n) is 9.99. The summed E-state index contributed by atoms with van der Waals surface area (Å²) in [6.07, 6.45) is 8.67. The molecule has 1 fully saturated rings. The van der Waals surface area contributed by atoms with E-state index in [0.717, 1.165) is 68.8 Å². The first-order chi connectivity index (χ1) is 17.7. The van der Waals surface area contributed by atoms with Gasteiger partial charge in [0.15, 0.2) is 0 Å². The van der Waals surface area contributed by atoms with E-state index >= 15 is 0 Å². The molecule has 8 nitrogen and oxygen atoms in total. The number of primary amides is 1. The van der Waals surface area contributed by atoms with Crippen LogP contribution >= 0.6 is 0 Å². The van der Waals surface area contributed by atoms with Crippen LogP contribution in [0.4, 0.5) is 14.7 Å². The maximum atomic E-state index is 14.6. The number of anilines is 1. The van der Waals surface area contributed by atoms with Gasteiger partial charge in [-0.1, -0.05) is 20.8 Å². The zero-order valence-corrected chi connectivity index (χ0v) is 21.8. The minimum atomic E-state index is -1.05. The molecule has 0 radical (unpaired) electrons. The highest BCUT2D eigenvalue weighted by atomic mass is 19.1. The molecule has 3 N–H and O–H groups in total. The Labute approximate surface area is 217 Å². The van der Waals surface area contributed by atoms with Crippen molar-refractivity contribution in [3.63, 3.8) is 0 Å². The Morgan fingerprint density at radius 3 is 2.32 bits per heavy atom. The predicted molar refractivity (Wildman–Crippen MR) is 137 cm³/mol. The lowest BCUT2D eigenvalue weighted by atomic mass is 9.92. The summed E-state index contributed by atoms with van der Waals surface area (Å²) in [5, 5.41) is 2.33. The van der Waals surface area contributed by atoms with E-state index in [2.05, 4.69) is 27.1 Å². The minimum absolute atomic E-state index is 0.0164. The summed E-state index contributed by atoms with van der Waals surface area (Å²) in [7, 11) is 0. The number of rotatable bonds is 12. The second kappa shape index (κ2) is 13.3. The van der Waals surface area contributed by atoms with E-state index in [0.29, 0.717) is 12.5 Å². The van der Waals surface area contributed by atoms with Crippen LogP contribution in [-0.4, -0.2) is 47.5 Å². The number of nitrogens with one attached hydrogen (secondary N) is 1. The van der Waals surface area contributed by atoms with Gasteiger partial charge in [0.25, 0.3) is 5.91 Å². The van der Waals surface area contributed by atoms with Gasteiger partial charge in [-0.05, 0) is 55.9 Å². The summed E-state index contributed by atoms with van der Waals surface area (Å²) in [6.45, 7) is 7.87. The summed E-state index contributed by atoms with van der Waals surface area (Å²) >= 11 is 0. The van der Waals surface area contributed by atoms with Gasteiger partial charge in [0.2, 0.25) is 11.9 Å². The molecule has 0 unspecified atom stereocenters. The molecule has 0 saturated carbocycles. The zero-order valence-electron chi connectivity index (χ0n) is 21.8. The number of amides is 2. The highest BCUT2D eigenvalue weighted by Gasteiger charge is 2.25. The van der Waals surface area contributed by atoms with Gasteiger partial charge in [0.05, 0.1) is 6.61 Å². The van der Waals surface area contributed by atoms with Crippen molar-refractivity contribution in [1.29, 1.82) is 0 Å². The van der Waals surface area contributed by atoms with Gasteiger partial charge >= 0.3 is 0 Å². The maximum absolute atomic E-state index is 14.6. The van der Waals surface area contributed by atoms with Crippen molar-refractivity contribution in [1.82, 2.24) is 15.3 Å². The smallest absolute Gasteiger partial charge is 0.257 e. The van der Waals surface area contributed by atoms with Crippen LogP contribution in [-0.2, 0) is 11.2 Å². The number of nitrogens with two attached hydrogens (primary N) is 1. The first-order valence-electron chi connectivity index (χ1n) is 13.0.